The lowest BCUT2D eigenvalue weighted by Crippen LogP contribution is -2.43. The predicted octanol–water partition coefficient (Wildman–Crippen LogP) is 4.20. The maximum Gasteiger partial charge on any atom is 0.419 e. The van der Waals surface area contributed by atoms with Crippen molar-refractivity contribution in [2.24, 2.45) is 11.5 Å². The van der Waals surface area contributed by atoms with Crippen LogP contribution >= 0.6 is 0 Å². The van der Waals surface area contributed by atoms with E-state index in [0.717, 1.165) is 0 Å². The molecule has 218 valence electrons. The standard InChI is InChI=1S/C32H34N4O6/c1-31(23-11-9-17-35-21-23,41-25-13-5-3-6-14-25)19-27(33)39-29(37)30(38)40-28(34)20-32(2,24-12-10-18-36-22-24)42-26-15-7-4-8-16-26/h3-18,21-22,27-28H,19-20,33-34H2,1-2H3. The molecule has 0 bridgehead atoms. The number of hydrogen-bond acceptors (Lipinski definition) is 10. The molecule has 4 unspecified atom stereocenters. The SMILES string of the molecule is CC(CC(N)OC(=O)C(=O)OC(N)CC(C)(Oc1ccccc1)c1cccnc1)(Oc1ccccc1)c1cccnc1. The summed E-state index contributed by atoms with van der Waals surface area (Å²) in [6, 6.07) is 25.4. The van der Waals surface area contributed by atoms with Gasteiger partial charge in [-0.1, -0.05) is 48.5 Å². The van der Waals surface area contributed by atoms with Crippen molar-refractivity contribution in [3.8, 4) is 11.5 Å². The number of para-hydroxylation sites is 2. The summed E-state index contributed by atoms with van der Waals surface area (Å²) in [7, 11) is 0. The summed E-state index contributed by atoms with van der Waals surface area (Å²) in [5, 5.41) is 0. The molecule has 0 amide bonds. The molecule has 0 saturated carbocycles. The summed E-state index contributed by atoms with van der Waals surface area (Å²) in [5.41, 5.74) is 11.7. The number of rotatable bonds is 12. The average molecular weight is 571 g/mol. The monoisotopic (exact) mass is 570 g/mol. The number of carbonyl (C=O) groups is 2. The smallest absolute Gasteiger partial charge is 0.419 e. The molecule has 2 aromatic carbocycles. The molecule has 2 heterocycles. The van der Waals surface area contributed by atoms with Crippen molar-refractivity contribution in [2.45, 2.75) is 50.3 Å². The van der Waals surface area contributed by atoms with Gasteiger partial charge < -0.3 is 18.9 Å². The van der Waals surface area contributed by atoms with Gasteiger partial charge in [0, 0.05) is 48.8 Å². The van der Waals surface area contributed by atoms with Gasteiger partial charge in [-0.25, -0.2) is 9.59 Å². The van der Waals surface area contributed by atoms with Gasteiger partial charge in [-0.05, 0) is 50.2 Å². The first kappa shape index (κ1) is 30.2. The lowest BCUT2D eigenvalue weighted by molar-refractivity contribution is -0.176. The second-order valence-corrected chi connectivity index (χ2v) is 10.1. The van der Waals surface area contributed by atoms with Crippen molar-refractivity contribution in [3.63, 3.8) is 0 Å². The molecule has 0 aliphatic rings. The normalized spacial score (nSPS) is 15.2. The summed E-state index contributed by atoms with van der Waals surface area (Å²) >= 11 is 0. The van der Waals surface area contributed by atoms with Gasteiger partial charge in [0.25, 0.3) is 0 Å². The Kier molecular flexibility index (Phi) is 9.85. The molecule has 0 aliphatic heterocycles. The highest BCUT2D eigenvalue weighted by molar-refractivity contribution is 6.29. The molecule has 10 nitrogen and oxygen atoms in total. The minimum atomic E-state index is -1.28. The van der Waals surface area contributed by atoms with Crippen molar-refractivity contribution in [3.05, 3.63) is 121 Å². The number of nitrogens with two attached hydrogens (primary N) is 2. The van der Waals surface area contributed by atoms with Gasteiger partial charge >= 0.3 is 11.9 Å². The average Bonchev–Trinajstić information content (AvgIpc) is 2.98. The van der Waals surface area contributed by atoms with Crippen molar-refractivity contribution in [1.82, 2.24) is 9.97 Å². The van der Waals surface area contributed by atoms with Crippen LogP contribution in [0.25, 0.3) is 0 Å². The Morgan fingerprint density at radius 1 is 0.643 bits per heavy atom. The Labute approximate surface area is 244 Å². The molecule has 0 spiro atoms. The number of aromatic nitrogens is 2. The molecule has 42 heavy (non-hydrogen) atoms. The number of pyridine rings is 2. The van der Waals surface area contributed by atoms with Gasteiger partial charge in [-0.2, -0.15) is 0 Å². The number of benzene rings is 2. The molecule has 4 rings (SSSR count). The summed E-state index contributed by atoms with van der Waals surface area (Å²) in [4.78, 5) is 33.7. The van der Waals surface area contributed by atoms with Crippen LogP contribution in [0.5, 0.6) is 11.5 Å². The van der Waals surface area contributed by atoms with Crippen LogP contribution in [-0.4, -0.2) is 34.4 Å². The highest BCUT2D eigenvalue weighted by atomic mass is 16.6. The number of hydrogen-bond donors (Lipinski definition) is 2. The zero-order chi connectivity index (χ0) is 30.0. The molecular weight excluding hydrogens is 536 g/mol. The van der Waals surface area contributed by atoms with Crippen molar-refractivity contribution in [2.75, 3.05) is 0 Å². The second-order valence-electron chi connectivity index (χ2n) is 10.1. The highest BCUT2D eigenvalue weighted by Crippen LogP contribution is 2.33. The third-order valence-electron chi connectivity index (χ3n) is 6.58. The first-order chi connectivity index (χ1) is 20.2. The molecule has 10 heteroatoms. The van der Waals surface area contributed by atoms with Crippen molar-refractivity contribution in [1.29, 1.82) is 0 Å². The maximum atomic E-state index is 12.7. The zero-order valence-corrected chi connectivity index (χ0v) is 23.5. The Morgan fingerprint density at radius 2 is 1.02 bits per heavy atom. The topological polar surface area (TPSA) is 149 Å². The van der Waals surface area contributed by atoms with Crippen LogP contribution in [0, 0.1) is 0 Å². The zero-order valence-electron chi connectivity index (χ0n) is 23.5. The van der Waals surface area contributed by atoms with Crippen LogP contribution in [0.15, 0.2) is 110 Å². The first-order valence-corrected chi connectivity index (χ1v) is 13.4. The summed E-state index contributed by atoms with van der Waals surface area (Å²) in [6.45, 7) is 3.59. The fourth-order valence-corrected chi connectivity index (χ4v) is 4.51. The van der Waals surface area contributed by atoms with E-state index >= 15 is 0 Å². The third kappa shape index (κ3) is 8.12. The van der Waals surface area contributed by atoms with Crippen LogP contribution in [0.2, 0.25) is 0 Å². The quantitative estimate of drug-likeness (QED) is 0.144. The molecule has 0 fully saturated rings. The third-order valence-corrected chi connectivity index (χ3v) is 6.58. The summed E-state index contributed by atoms with van der Waals surface area (Å²) < 4.78 is 23.0. The molecule has 0 aliphatic carbocycles. The van der Waals surface area contributed by atoms with Gasteiger partial charge in [0.1, 0.15) is 22.7 Å². The Morgan fingerprint density at radius 3 is 1.36 bits per heavy atom. The lowest BCUT2D eigenvalue weighted by Gasteiger charge is -2.33. The predicted molar refractivity (Wildman–Crippen MR) is 155 cm³/mol. The van der Waals surface area contributed by atoms with Gasteiger partial charge in [0.15, 0.2) is 12.5 Å². The summed E-state index contributed by atoms with van der Waals surface area (Å²) in [5.74, 6) is -1.39. The van der Waals surface area contributed by atoms with E-state index in [4.69, 9.17) is 30.4 Å². The Balaban J connectivity index is 1.40. The highest BCUT2D eigenvalue weighted by Gasteiger charge is 2.36. The molecule has 4 atom stereocenters. The molecular formula is C32H34N4O6. The number of esters is 2. The largest absolute Gasteiger partial charge is 0.483 e. The van der Waals surface area contributed by atoms with Gasteiger partial charge in [0.2, 0.25) is 0 Å². The van der Waals surface area contributed by atoms with E-state index < -0.39 is 35.6 Å². The minimum Gasteiger partial charge on any atom is -0.483 e. The minimum absolute atomic E-state index is 0.0165. The van der Waals surface area contributed by atoms with Crippen molar-refractivity contribution >= 4 is 11.9 Å². The number of nitrogens with zero attached hydrogens (tertiary/aromatic N) is 2. The lowest BCUT2D eigenvalue weighted by atomic mass is 9.92. The fraction of sp³-hybridized carbons (Fsp3) is 0.250. The first-order valence-electron chi connectivity index (χ1n) is 13.4. The Bertz CT molecular complexity index is 1320. The fourth-order valence-electron chi connectivity index (χ4n) is 4.51. The van der Waals surface area contributed by atoms with Crippen LogP contribution in [0.4, 0.5) is 0 Å². The van der Waals surface area contributed by atoms with E-state index in [1.165, 1.54) is 0 Å². The van der Waals surface area contributed by atoms with E-state index in [-0.39, 0.29) is 12.8 Å². The number of carbonyl (C=O) groups excluding carboxylic acids is 2. The molecule has 2 aromatic heterocycles. The van der Waals surface area contributed by atoms with E-state index in [0.29, 0.717) is 22.6 Å². The van der Waals surface area contributed by atoms with Gasteiger partial charge in [-0.3, -0.25) is 21.4 Å². The Hall–Kier alpha value is -4.80. The van der Waals surface area contributed by atoms with Crippen LogP contribution in [-0.2, 0) is 30.3 Å². The molecule has 0 saturated heterocycles. The van der Waals surface area contributed by atoms with Crippen molar-refractivity contribution < 1.29 is 28.5 Å². The van der Waals surface area contributed by atoms with Crippen LogP contribution in [0.3, 0.4) is 0 Å². The second kappa shape index (κ2) is 13.7. The van der Waals surface area contributed by atoms with Crippen LogP contribution < -0.4 is 20.9 Å². The molecule has 4 aromatic rings. The summed E-state index contributed by atoms with van der Waals surface area (Å²) in [6.07, 6.45) is 4.16. The number of ether oxygens (including phenoxy) is 4. The van der Waals surface area contributed by atoms with Crippen LogP contribution in [0.1, 0.15) is 37.8 Å². The van der Waals surface area contributed by atoms with E-state index in [9.17, 15) is 9.59 Å². The van der Waals surface area contributed by atoms with E-state index in [1.807, 2.05) is 48.5 Å². The molecule has 4 N–H and O–H groups in total. The van der Waals surface area contributed by atoms with E-state index in [1.54, 1.807) is 75.0 Å². The van der Waals surface area contributed by atoms with E-state index in [2.05, 4.69) is 9.97 Å². The van der Waals surface area contributed by atoms with Gasteiger partial charge in [0.05, 0.1) is 0 Å². The molecule has 0 radical (unpaired) electrons. The maximum absolute atomic E-state index is 12.7. The van der Waals surface area contributed by atoms with Gasteiger partial charge in [-0.15, -0.1) is 0 Å².